The lowest BCUT2D eigenvalue weighted by molar-refractivity contribution is 0.0938. The molecule has 0 spiro atoms. The van der Waals surface area contributed by atoms with Gasteiger partial charge in [0, 0.05) is 10.9 Å². The average molecular weight is 441 g/mol. The number of hydrogen-bond donors (Lipinski definition) is 3. The van der Waals surface area contributed by atoms with E-state index in [-0.39, 0.29) is 17.0 Å². The van der Waals surface area contributed by atoms with Gasteiger partial charge in [0.25, 0.3) is 17.7 Å². The van der Waals surface area contributed by atoms with Crippen LogP contribution in [0, 0.1) is 6.92 Å². The van der Waals surface area contributed by atoms with Gasteiger partial charge in [0.1, 0.15) is 11.1 Å². The SMILES string of the molecule is Cc1ccc(C(=O)N[C@@H](c2nnc(-c3cc4ccccc4oc3=O)o2)P(=O)(O)O)cc1. The summed E-state index contributed by atoms with van der Waals surface area (Å²) in [4.78, 5) is 44.2. The molecule has 0 unspecified atom stereocenters. The van der Waals surface area contributed by atoms with Crippen molar-refractivity contribution in [2.75, 3.05) is 0 Å². The van der Waals surface area contributed by atoms with Gasteiger partial charge in [-0.3, -0.25) is 9.36 Å². The Balaban J connectivity index is 1.68. The van der Waals surface area contributed by atoms with Crippen LogP contribution < -0.4 is 10.9 Å². The van der Waals surface area contributed by atoms with Crippen LogP contribution in [0.5, 0.6) is 0 Å². The quantitative estimate of drug-likeness (QED) is 0.313. The lowest BCUT2D eigenvalue weighted by Gasteiger charge is -2.16. The van der Waals surface area contributed by atoms with Crippen LogP contribution in [0.1, 0.15) is 27.6 Å². The molecule has 0 aliphatic carbocycles. The summed E-state index contributed by atoms with van der Waals surface area (Å²) < 4.78 is 22.6. The molecule has 0 bridgehead atoms. The Kier molecular flexibility index (Phi) is 5.28. The van der Waals surface area contributed by atoms with Crippen LogP contribution in [-0.4, -0.2) is 25.9 Å². The van der Waals surface area contributed by atoms with E-state index in [1.807, 2.05) is 6.92 Å². The van der Waals surface area contributed by atoms with E-state index in [1.54, 1.807) is 36.4 Å². The number of nitrogens with one attached hydrogen (secondary N) is 1. The standard InChI is InChI=1S/C20H16N3O7P/c1-11-6-8-12(9-7-11)16(24)21-19(31(26,27)28)18-23-22-17(30-18)14-10-13-4-2-3-5-15(13)29-20(14)25/h2-10,19H,1H3,(H,21,24)(H2,26,27,28)/t19-/m1/s1. The highest BCUT2D eigenvalue weighted by Gasteiger charge is 2.37. The number of fused-ring (bicyclic) bond motifs is 1. The molecule has 1 atom stereocenters. The molecule has 0 aliphatic rings. The van der Waals surface area contributed by atoms with Crippen LogP contribution in [0.3, 0.4) is 0 Å². The Labute approximate surface area is 174 Å². The highest BCUT2D eigenvalue weighted by atomic mass is 31.2. The maximum Gasteiger partial charge on any atom is 0.357 e. The van der Waals surface area contributed by atoms with Gasteiger partial charge in [0.05, 0.1) is 0 Å². The predicted octanol–water partition coefficient (Wildman–Crippen LogP) is 2.76. The van der Waals surface area contributed by atoms with Crippen molar-refractivity contribution in [3.8, 4) is 11.5 Å². The van der Waals surface area contributed by atoms with Crippen LogP contribution in [0.2, 0.25) is 0 Å². The second-order valence-corrected chi connectivity index (χ2v) is 8.46. The van der Waals surface area contributed by atoms with E-state index < -0.39 is 30.8 Å². The van der Waals surface area contributed by atoms with Crippen molar-refractivity contribution in [2.24, 2.45) is 0 Å². The molecule has 2 aromatic carbocycles. The molecular formula is C20H16N3O7P. The van der Waals surface area contributed by atoms with Crippen LogP contribution in [-0.2, 0) is 4.57 Å². The molecule has 4 aromatic rings. The molecular weight excluding hydrogens is 425 g/mol. The van der Waals surface area contributed by atoms with E-state index in [4.69, 9.17) is 8.83 Å². The van der Waals surface area contributed by atoms with Gasteiger partial charge in [-0.25, -0.2) is 4.79 Å². The summed E-state index contributed by atoms with van der Waals surface area (Å²) in [6.45, 7) is 1.84. The first-order valence-electron chi connectivity index (χ1n) is 9.02. The summed E-state index contributed by atoms with van der Waals surface area (Å²) >= 11 is 0. The topological polar surface area (TPSA) is 156 Å². The highest BCUT2D eigenvalue weighted by Crippen LogP contribution is 2.49. The second kappa shape index (κ2) is 7.92. The minimum atomic E-state index is -4.94. The highest BCUT2D eigenvalue weighted by molar-refractivity contribution is 7.52. The molecule has 158 valence electrons. The minimum absolute atomic E-state index is 0.0771. The van der Waals surface area contributed by atoms with Gasteiger partial charge in [-0.15, -0.1) is 10.2 Å². The maximum absolute atomic E-state index is 12.5. The summed E-state index contributed by atoms with van der Waals surface area (Å²) in [7, 11) is -4.94. The first-order chi connectivity index (χ1) is 14.7. The molecule has 1 amide bonds. The molecule has 0 radical (unpaired) electrons. The fourth-order valence-electron chi connectivity index (χ4n) is 2.87. The average Bonchev–Trinajstić information content (AvgIpc) is 3.20. The molecule has 11 heteroatoms. The normalized spacial score (nSPS) is 12.6. The van der Waals surface area contributed by atoms with Crippen LogP contribution in [0.4, 0.5) is 0 Å². The Morgan fingerprint density at radius 1 is 1.06 bits per heavy atom. The third-order valence-corrected chi connectivity index (χ3v) is 5.49. The Morgan fingerprint density at radius 2 is 1.77 bits per heavy atom. The monoisotopic (exact) mass is 441 g/mol. The number of aryl methyl sites for hydroxylation is 1. The number of carbonyl (C=O) groups is 1. The van der Waals surface area contributed by atoms with Crippen molar-refractivity contribution in [3.05, 3.63) is 82.0 Å². The van der Waals surface area contributed by atoms with E-state index in [9.17, 15) is 23.9 Å². The van der Waals surface area contributed by atoms with E-state index in [0.717, 1.165) is 5.56 Å². The zero-order chi connectivity index (χ0) is 22.2. The molecule has 2 aromatic heterocycles. The molecule has 0 saturated heterocycles. The number of aromatic nitrogens is 2. The molecule has 0 aliphatic heterocycles. The zero-order valence-corrected chi connectivity index (χ0v) is 16.9. The molecule has 2 heterocycles. The van der Waals surface area contributed by atoms with Gasteiger partial charge in [-0.05, 0) is 31.2 Å². The van der Waals surface area contributed by atoms with Crippen LogP contribution in [0.25, 0.3) is 22.4 Å². The minimum Gasteiger partial charge on any atom is -0.422 e. The van der Waals surface area contributed by atoms with Crippen molar-refractivity contribution >= 4 is 24.5 Å². The summed E-state index contributed by atoms with van der Waals surface area (Å²) in [6, 6.07) is 14.6. The van der Waals surface area contributed by atoms with Crippen molar-refractivity contribution in [3.63, 3.8) is 0 Å². The summed E-state index contributed by atoms with van der Waals surface area (Å²) in [5.74, 6) is -3.47. The van der Waals surface area contributed by atoms with Gasteiger partial charge in [-0.2, -0.15) is 0 Å². The molecule has 10 nitrogen and oxygen atoms in total. The largest absolute Gasteiger partial charge is 0.422 e. The Hall–Kier alpha value is -3.59. The Morgan fingerprint density at radius 3 is 2.48 bits per heavy atom. The van der Waals surface area contributed by atoms with Crippen molar-refractivity contribution in [1.82, 2.24) is 15.5 Å². The first kappa shape index (κ1) is 20.7. The number of benzene rings is 2. The van der Waals surface area contributed by atoms with Gasteiger partial charge in [-0.1, -0.05) is 35.9 Å². The molecule has 31 heavy (non-hydrogen) atoms. The van der Waals surface area contributed by atoms with E-state index in [1.165, 1.54) is 18.2 Å². The van der Waals surface area contributed by atoms with Crippen molar-refractivity contribution < 1.29 is 28.0 Å². The van der Waals surface area contributed by atoms with Crippen molar-refractivity contribution in [1.29, 1.82) is 0 Å². The fraction of sp³-hybridized carbons (Fsp3) is 0.100. The lowest BCUT2D eigenvalue weighted by atomic mass is 10.1. The number of hydrogen-bond acceptors (Lipinski definition) is 7. The van der Waals surface area contributed by atoms with Gasteiger partial charge >= 0.3 is 13.2 Å². The predicted molar refractivity (Wildman–Crippen MR) is 109 cm³/mol. The molecule has 4 rings (SSSR count). The summed E-state index contributed by atoms with van der Waals surface area (Å²) in [6.07, 6.45) is 0. The molecule has 3 N–H and O–H groups in total. The molecule has 0 fully saturated rings. The van der Waals surface area contributed by atoms with Crippen LogP contribution >= 0.6 is 7.60 Å². The molecule has 0 saturated carbocycles. The number of rotatable bonds is 5. The van der Waals surface area contributed by atoms with E-state index >= 15 is 0 Å². The fourth-order valence-corrected chi connectivity index (χ4v) is 3.54. The zero-order valence-electron chi connectivity index (χ0n) is 16.1. The Bertz CT molecular complexity index is 1370. The van der Waals surface area contributed by atoms with Gasteiger partial charge < -0.3 is 23.9 Å². The third kappa shape index (κ3) is 4.31. The van der Waals surface area contributed by atoms with Crippen molar-refractivity contribution in [2.45, 2.75) is 12.7 Å². The van der Waals surface area contributed by atoms with Gasteiger partial charge in [0.2, 0.25) is 5.78 Å². The van der Waals surface area contributed by atoms with Gasteiger partial charge in [0.15, 0.2) is 0 Å². The second-order valence-electron chi connectivity index (χ2n) is 6.76. The number of amides is 1. The number of nitrogens with zero attached hydrogens (tertiary/aromatic N) is 2. The summed E-state index contributed by atoms with van der Waals surface area (Å²) in [5.41, 5.74) is 0.629. The maximum atomic E-state index is 12.5. The number of para-hydroxylation sites is 1. The van der Waals surface area contributed by atoms with E-state index in [0.29, 0.717) is 11.0 Å². The first-order valence-corrected chi connectivity index (χ1v) is 10.7. The lowest BCUT2D eigenvalue weighted by Crippen LogP contribution is -2.28. The third-order valence-electron chi connectivity index (χ3n) is 4.46. The van der Waals surface area contributed by atoms with E-state index in [2.05, 4.69) is 15.5 Å². The smallest absolute Gasteiger partial charge is 0.357 e. The van der Waals surface area contributed by atoms with Crippen LogP contribution in [0.15, 0.2) is 68.2 Å². The summed E-state index contributed by atoms with van der Waals surface area (Å²) in [5, 5.41) is 10.2. The number of carbonyl (C=O) groups excluding carboxylic acids is 1.